The number of aliphatic hydroxyl groups is 1. The summed E-state index contributed by atoms with van der Waals surface area (Å²) in [7, 11) is 0. The molecule has 16 nitrogen and oxygen atoms in total. The van der Waals surface area contributed by atoms with Crippen LogP contribution in [-0.2, 0) is 48.0 Å². The molecule has 4 aromatic rings. The zero-order valence-electron chi connectivity index (χ0n) is 41.2. The van der Waals surface area contributed by atoms with Crippen molar-refractivity contribution in [3.05, 3.63) is 99.9 Å². The van der Waals surface area contributed by atoms with E-state index in [2.05, 4.69) is 20.9 Å². The number of nitrogens with zero attached hydrogens (tertiary/aromatic N) is 3. The van der Waals surface area contributed by atoms with Crippen molar-refractivity contribution in [1.82, 2.24) is 25.8 Å². The zero-order chi connectivity index (χ0) is 51.1. The minimum Gasteiger partial charge on any atom is -0.491 e. The summed E-state index contributed by atoms with van der Waals surface area (Å²) in [6.07, 6.45) is 3.04. The van der Waals surface area contributed by atoms with Crippen LogP contribution in [0.15, 0.2) is 66.2 Å². The van der Waals surface area contributed by atoms with Crippen LogP contribution in [0.2, 0.25) is 0 Å². The maximum Gasteiger partial charge on any atom is 0.246 e. The Bertz CT molecular complexity index is 2600. The largest absolute Gasteiger partial charge is 0.491 e. The van der Waals surface area contributed by atoms with Crippen LogP contribution in [0.1, 0.15) is 113 Å². The molecule has 3 aliphatic rings. The van der Waals surface area contributed by atoms with Crippen LogP contribution in [-0.4, -0.2) is 99.9 Å². The van der Waals surface area contributed by atoms with E-state index in [0.717, 1.165) is 38.5 Å². The molecule has 0 radical (unpaired) electrons. The molecule has 3 aliphatic heterocycles. The number of anilines is 1. The summed E-state index contributed by atoms with van der Waals surface area (Å²) < 4.78 is 21.0. The van der Waals surface area contributed by atoms with Crippen LogP contribution in [0.4, 0.5) is 10.1 Å². The highest BCUT2D eigenvalue weighted by Gasteiger charge is 2.45. The first kappa shape index (κ1) is 52.6. The highest BCUT2D eigenvalue weighted by atomic mass is 32.1. The van der Waals surface area contributed by atoms with Crippen molar-refractivity contribution < 1.29 is 43.0 Å². The van der Waals surface area contributed by atoms with Crippen LogP contribution in [0.3, 0.4) is 0 Å². The van der Waals surface area contributed by atoms with Crippen molar-refractivity contribution in [3.8, 4) is 16.2 Å². The Balaban J connectivity index is 0.886. The molecule has 3 aromatic carbocycles. The van der Waals surface area contributed by atoms with Gasteiger partial charge >= 0.3 is 0 Å². The lowest BCUT2D eigenvalue weighted by molar-refractivity contribution is -0.144. The lowest BCUT2D eigenvalue weighted by Crippen LogP contribution is -2.57. The fourth-order valence-electron chi connectivity index (χ4n) is 9.76. The molecule has 6 amide bonds. The van der Waals surface area contributed by atoms with E-state index < -0.39 is 65.3 Å². The number of primary amides is 1. The number of rotatable bonds is 20. The normalized spacial score (nSPS) is 19.9. The number of nitrogens with one attached hydrogen (secondary N) is 3. The second-order valence-corrected chi connectivity index (χ2v) is 21.1. The number of carbonyl (C=O) groups is 6. The van der Waals surface area contributed by atoms with Gasteiger partial charge in [0, 0.05) is 38.3 Å². The topological polar surface area (TPSA) is 239 Å². The first-order chi connectivity index (χ1) is 33.8. The van der Waals surface area contributed by atoms with Gasteiger partial charge in [0.15, 0.2) is 0 Å². The number of carbonyl (C=O) groups excluding carboxylic acids is 6. The minimum atomic E-state index is -0.962. The van der Waals surface area contributed by atoms with Crippen LogP contribution >= 0.6 is 11.3 Å². The zero-order valence-corrected chi connectivity index (χ0v) is 42.0. The predicted octanol–water partition coefficient (Wildman–Crippen LogP) is 5.09. The van der Waals surface area contributed by atoms with Gasteiger partial charge in [-0.05, 0) is 97.7 Å². The highest BCUT2D eigenvalue weighted by Crippen LogP contribution is 2.39. The average Bonchev–Trinajstić information content (AvgIpc) is 4.04. The van der Waals surface area contributed by atoms with Gasteiger partial charge in [0.05, 0.1) is 46.0 Å². The molecule has 1 fully saturated rings. The Morgan fingerprint density at radius 2 is 1.69 bits per heavy atom. The molecule has 0 spiro atoms. The minimum absolute atomic E-state index is 0.0371. The van der Waals surface area contributed by atoms with E-state index in [0.29, 0.717) is 50.5 Å². The van der Waals surface area contributed by atoms with Crippen molar-refractivity contribution in [2.24, 2.45) is 16.9 Å². The van der Waals surface area contributed by atoms with Gasteiger partial charge in [0.25, 0.3) is 0 Å². The van der Waals surface area contributed by atoms with E-state index in [1.165, 1.54) is 21.9 Å². The highest BCUT2D eigenvalue weighted by molar-refractivity contribution is 7.13. The lowest BCUT2D eigenvalue weighted by atomic mass is 9.85. The van der Waals surface area contributed by atoms with E-state index >= 15 is 0 Å². The number of halogens is 1. The third-order valence-corrected chi connectivity index (χ3v) is 14.6. The number of unbranched alkanes of at least 4 members (excludes halogenated alkanes) is 2. The van der Waals surface area contributed by atoms with Gasteiger partial charge < -0.3 is 42.2 Å². The van der Waals surface area contributed by atoms with Crippen LogP contribution in [0.25, 0.3) is 10.4 Å². The molecule has 7 atom stereocenters. The third-order valence-electron chi connectivity index (χ3n) is 13.6. The van der Waals surface area contributed by atoms with E-state index in [-0.39, 0.29) is 68.3 Å². The molecule has 380 valence electrons. The molecular formula is C53H67FN8O8S. The molecule has 8 N–H and O–H groups in total. The quantitative estimate of drug-likeness (QED) is 0.0642. The van der Waals surface area contributed by atoms with Gasteiger partial charge in [-0.1, -0.05) is 69.7 Å². The number of amides is 6. The number of aryl methyl sites for hydroxylation is 3. The van der Waals surface area contributed by atoms with Gasteiger partial charge in [-0.25, -0.2) is 9.37 Å². The summed E-state index contributed by atoms with van der Waals surface area (Å²) in [4.78, 5) is 88.6. The number of likely N-dealkylation sites (tertiary alicyclic amines) is 1. The number of para-hydroxylation sites is 1. The third kappa shape index (κ3) is 13.0. The smallest absolute Gasteiger partial charge is 0.246 e. The first-order valence-electron chi connectivity index (χ1n) is 24.6. The summed E-state index contributed by atoms with van der Waals surface area (Å²) in [5, 5.41) is 19.6. The van der Waals surface area contributed by atoms with Crippen molar-refractivity contribution in [1.29, 1.82) is 0 Å². The molecule has 4 heterocycles. The van der Waals surface area contributed by atoms with Crippen molar-refractivity contribution in [2.45, 2.75) is 148 Å². The average molecular weight is 995 g/mol. The molecule has 0 aliphatic carbocycles. The number of aromatic nitrogens is 1. The Kier molecular flexibility index (Phi) is 16.9. The van der Waals surface area contributed by atoms with Gasteiger partial charge in [-0.15, -0.1) is 11.3 Å². The summed E-state index contributed by atoms with van der Waals surface area (Å²) >= 11 is 1.56. The van der Waals surface area contributed by atoms with Crippen molar-refractivity contribution >= 4 is 52.5 Å². The number of nitrogens with two attached hydrogens (primary N) is 2. The molecule has 0 unspecified atom stereocenters. The number of thiazole rings is 1. The summed E-state index contributed by atoms with van der Waals surface area (Å²) in [5.74, 6) is -2.75. The van der Waals surface area contributed by atoms with Crippen molar-refractivity contribution in [3.63, 3.8) is 0 Å². The number of hydrogen-bond donors (Lipinski definition) is 6. The molecule has 1 aromatic heterocycles. The molecular weight excluding hydrogens is 928 g/mol. The van der Waals surface area contributed by atoms with Crippen LogP contribution in [0, 0.1) is 18.2 Å². The molecule has 18 heteroatoms. The van der Waals surface area contributed by atoms with Gasteiger partial charge in [-0.3, -0.25) is 33.7 Å². The Morgan fingerprint density at radius 1 is 0.958 bits per heavy atom. The summed E-state index contributed by atoms with van der Waals surface area (Å²) in [6.45, 7) is 9.21. The van der Waals surface area contributed by atoms with Gasteiger partial charge in [-0.2, -0.15) is 0 Å². The van der Waals surface area contributed by atoms with E-state index in [9.17, 15) is 38.3 Å². The Hall–Kier alpha value is -6.24. The fourth-order valence-corrected chi connectivity index (χ4v) is 10.6. The number of β-amino-alcohol motifs (C(OH)–C–C–N with tert-alkyl or cyclic N) is 1. The lowest BCUT2D eigenvalue weighted by Gasteiger charge is -2.35. The van der Waals surface area contributed by atoms with Gasteiger partial charge in [0.1, 0.15) is 36.3 Å². The van der Waals surface area contributed by atoms with Crippen LogP contribution in [0.5, 0.6) is 5.75 Å². The van der Waals surface area contributed by atoms with Crippen LogP contribution < -0.4 is 37.1 Å². The number of aliphatic hydroxyl groups excluding tert-OH is 1. The molecule has 7 rings (SSSR count). The molecule has 71 heavy (non-hydrogen) atoms. The van der Waals surface area contributed by atoms with E-state index in [4.69, 9.17) is 16.2 Å². The SMILES string of the molecule is Cc1ncsc1-c1ccc([C@H](C)NC(=O)[C@@H]2C[C@@H](O)CN2C(=O)[C@@H](NC(=O)CCCCCc2cc(F)cc(OC[C@H](CCC(N)=O)NC(=O)[C@@H]3Cc4cccc5c4N3C(=O)[C@@H](N)CC5)c2)C(C)(C)C)cc1. The van der Waals surface area contributed by atoms with Crippen molar-refractivity contribution in [2.75, 3.05) is 18.1 Å². The number of benzene rings is 3. The molecule has 1 saturated heterocycles. The predicted molar refractivity (Wildman–Crippen MR) is 268 cm³/mol. The second kappa shape index (κ2) is 22.9. The second-order valence-electron chi connectivity index (χ2n) is 20.3. The monoisotopic (exact) mass is 994 g/mol. The molecule has 0 bridgehead atoms. The summed E-state index contributed by atoms with van der Waals surface area (Å²) in [6, 6.07) is 13.5. The van der Waals surface area contributed by atoms with E-state index in [1.54, 1.807) is 22.9 Å². The maximum absolute atomic E-state index is 14.9. The fraction of sp³-hybridized carbons (Fsp3) is 0.491. The van der Waals surface area contributed by atoms with E-state index in [1.807, 2.05) is 77.1 Å². The Labute approximate surface area is 418 Å². The molecule has 0 saturated carbocycles. The number of ether oxygens (including phenoxy) is 1. The Morgan fingerprint density at radius 3 is 2.39 bits per heavy atom. The standard InChI is InChI=1S/C53H67FN8O8S/c1-30(33-14-16-35(17-15-33)47-31(2)57-29-71-47)58-49(66)42-26-39(63)27-61(42)52(69)48(53(3,4)5)60-45(65)13-8-6-7-10-32-22-37(54)25-40(23-32)70-28-38(19-21-44(56)64)59-50(67)43-24-36-12-9-11-34-18-20-41(55)51(68)62(43)46(34)36/h9,11-12,14-17,22-23,25,29-30,38-39,41-43,48,63H,6-8,10,13,18-21,24,26-28,55H2,1-5H3,(H2,56,64)(H,58,66)(H,59,67)(H,60,65)/t30-,38-,39+,41-,42-,43-,48+/m0/s1. The number of hydrogen-bond acceptors (Lipinski definition) is 11. The maximum atomic E-state index is 14.9. The first-order valence-corrected chi connectivity index (χ1v) is 25.4. The van der Waals surface area contributed by atoms with Gasteiger partial charge in [0.2, 0.25) is 35.4 Å². The summed E-state index contributed by atoms with van der Waals surface area (Å²) in [5.41, 5.74) is 18.9.